The van der Waals surface area contributed by atoms with Crippen LogP contribution in [0, 0.1) is 0 Å². The van der Waals surface area contributed by atoms with Gasteiger partial charge in [0.25, 0.3) is 0 Å². The van der Waals surface area contributed by atoms with Crippen molar-refractivity contribution < 1.29 is 19.5 Å². The highest BCUT2D eigenvalue weighted by Crippen LogP contribution is 2.14. The number of amides is 2. The molecule has 1 rings (SSSR count). The zero-order valence-corrected chi connectivity index (χ0v) is 19.7. The van der Waals surface area contributed by atoms with E-state index in [0.29, 0.717) is 13.0 Å². The lowest BCUT2D eigenvalue weighted by molar-refractivity contribution is -0.137. The first-order valence-electron chi connectivity index (χ1n) is 12.4. The maximum atomic E-state index is 12.8. The van der Waals surface area contributed by atoms with E-state index in [1.54, 1.807) is 0 Å². The molecule has 0 unspecified atom stereocenters. The van der Waals surface area contributed by atoms with Gasteiger partial charge in [-0.15, -0.1) is 0 Å². The fourth-order valence-electron chi connectivity index (χ4n) is 3.67. The summed E-state index contributed by atoms with van der Waals surface area (Å²) in [6, 6.07) is 8.75. The van der Waals surface area contributed by atoms with Crippen LogP contribution in [-0.4, -0.2) is 29.4 Å². The summed E-state index contributed by atoms with van der Waals surface area (Å²) in [5.74, 6) is -0.946. The zero-order chi connectivity index (χ0) is 23.4. The molecule has 2 amide bonds. The molecule has 32 heavy (non-hydrogen) atoms. The van der Waals surface area contributed by atoms with Gasteiger partial charge in [0.05, 0.1) is 0 Å². The number of unbranched alkanes of at least 4 members (excludes halogenated alkanes) is 10. The van der Waals surface area contributed by atoms with Gasteiger partial charge >= 0.3 is 5.97 Å². The number of carbonyl (C=O) groups is 3. The molecule has 0 saturated carbocycles. The smallest absolute Gasteiger partial charge is 0.303 e. The van der Waals surface area contributed by atoms with Gasteiger partial charge in [0.15, 0.2) is 0 Å². The molecule has 1 atom stereocenters. The fraction of sp³-hybridized carbons (Fsp3) is 0.654. The lowest BCUT2D eigenvalue weighted by Crippen LogP contribution is -2.40. The van der Waals surface area contributed by atoms with E-state index in [-0.39, 0.29) is 18.2 Å². The molecule has 0 aromatic heterocycles. The van der Waals surface area contributed by atoms with Crippen molar-refractivity contribution in [3.05, 3.63) is 35.9 Å². The molecule has 0 aliphatic carbocycles. The number of nitrogens with one attached hydrogen (secondary N) is 2. The molecular formula is C26H42N2O4. The molecule has 0 spiro atoms. The number of benzene rings is 1. The van der Waals surface area contributed by atoms with Crippen LogP contribution in [0.2, 0.25) is 0 Å². The highest BCUT2D eigenvalue weighted by Gasteiger charge is 2.22. The molecule has 6 heteroatoms. The monoisotopic (exact) mass is 446 g/mol. The predicted molar refractivity (Wildman–Crippen MR) is 128 cm³/mol. The summed E-state index contributed by atoms with van der Waals surface area (Å²) < 4.78 is 0. The molecule has 1 aromatic carbocycles. The van der Waals surface area contributed by atoms with Gasteiger partial charge in [0, 0.05) is 19.4 Å². The Hall–Kier alpha value is -2.37. The highest BCUT2D eigenvalue weighted by molar-refractivity contribution is 5.88. The van der Waals surface area contributed by atoms with Crippen molar-refractivity contribution in [1.82, 2.24) is 10.6 Å². The third kappa shape index (κ3) is 13.8. The third-order valence-corrected chi connectivity index (χ3v) is 5.57. The predicted octanol–water partition coefficient (Wildman–Crippen LogP) is 5.53. The Bertz CT molecular complexity index is 648. The Kier molecular flexibility index (Phi) is 15.8. The summed E-state index contributed by atoms with van der Waals surface area (Å²) in [6.45, 7) is 2.74. The minimum atomic E-state index is -0.715. The molecule has 3 N–H and O–H groups in total. The van der Waals surface area contributed by atoms with E-state index in [2.05, 4.69) is 17.6 Å². The van der Waals surface area contributed by atoms with Crippen molar-refractivity contribution >= 4 is 17.8 Å². The Morgan fingerprint density at radius 1 is 0.781 bits per heavy atom. The molecule has 0 bridgehead atoms. The van der Waals surface area contributed by atoms with Crippen LogP contribution < -0.4 is 10.6 Å². The first-order chi connectivity index (χ1) is 15.5. The summed E-state index contributed by atoms with van der Waals surface area (Å²) in [5.41, 5.74) is 0.801. The Labute approximate surface area is 193 Å². The number of aliphatic carboxylic acids is 1. The van der Waals surface area contributed by atoms with Crippen LogP contribution in [0.5, 0.6) is 0 Å². The van der Waals surface area contributed by atoms with Crippen molar-refractivity contribution in [2.75, 3.05) is 6.54 Å². The average Bonchev–Trinajstić information content (AvgIpc) is 2.79. The van der Waals surface area contributed by atoms with Crippen molar-refractivity contribution in [1.29, 1.82) is 0 Å². The summed E-state index contributed by atoms with van der Waals surface area (Å²) >= 11 is 0. The van der Waals surface area contributed by atoms with Gasteiger partial charge in [-0.3, -0.25) is 14.4 Å². The minimum absolute atomic E-state index is 0.0755. The van der Waals surface area contributed by atoms with E-state index >= 15 is 0 Å². The molecular weight excluding hydrogens is 404 g/mol. The Morgan fingerprint density at radius 2 is 1.34 bits per heavy atom. The number of hydrogen-bond acceptors (Lipinski definition) is 3. The van der Waals surface area contributed by atoms with Crippen LogP contribution in [-0.2, 0) is 14.4 Å². The molecule has 180 valence electrons. The van der Waals surface area contributed by atoms with Crippen LogP contribution in [0.25, 0.3) is 0 Å². The van der Waals surface area contributed by atoms with Crippen molar-refractivity contribution in [3.63, 3.8) is 0 Å². The van der Waals surface area contributed by atoms with Gasteiger partial charge < -0.3 is 15.7 Å². The molecule has 0 saturated heterocycles. The third-order valence-electron chi connectivity index (χ3n) is 5.57. The minimum Gasteiger partial charge on any atom is -0.481 e. The lowest BCUT2D eigenvalue weighted by Gasteiger charge is -2.19. The standard InChI is InChI=1S/C26H42N2O4/c1-2-3-4-14-19-23(29)28-25(22-17-12-11-13-18-22)26(32)27-21-16-10-8-6-5-7-9-15-20-24(30)31/h11-13,17-18,25H,2-10,14-16,19-21H2,1H3,(H,27,32)(H,28,29)(H,30,31)/t25-/m1/s1. The second kappa shape index (κ2) is 18.2. The molecule has 0 fully saturated rings. The summed E-state index contributed by atoms with van der Waals surface area (Å²) in [7, 11) is 0. The second-order valence-electron chi connectivity index (χ2n) is 8.49. The normalized spacial score (nSPS) is 11.7. The van der Waals surface area contributed by atoms with Crippen LogP contribution >= 0.6 is 0 Å². The summed E-state index contributed by atoms with van der Waals surface area (Å²) in [5, 5.41) is 14.5. The topological polar surface area (TPSA) is 95.5 Å². The number of rotatable bonds is 19. The summed E-state index contributed by atoms with van der Waals surface area (Å²) in [6.07, 6.45) is 13.0. The maximum absolute atomic E-state index is 12.8. The molecule has 0 aliphatic rings. The van der Waals surface area contributed by atoms with Crippen LogP contribution in [0.3, 0.4) is 0 Å². The van der Waals surface area contributed by atoms with Crippen molar-refractivity contribution in [3.8, 4) is 0 Å². The van der Waals surface area contributed by atoms with Gasteiger partial charge in [0.1, 0.15) is 6.04 Å². The van der Waals surface area contributed by atoms with E-state index in [1.807, 2.05) is 30.3 Å². The maximum Gasteiger partial charge on any atom is 0.303 e. The number of carboxylic acid groups (broad SMARTS) is 1. The van der Waals surface area contributed by atoms with Crippen LogP contribution in [0.1, 0.15) is 108 Å². The van der Waals surface area contributed by atoms with Gasteiger partial charge in [0.2, 0.25) is 11.8 Å². The van der Waals surface area contributed by atoms with Crippen molar-refractivity contribution in [2.45, 2.75) is 103 Å². The number of carboxylic acids is 1. The van der Waals surface area contributed by atoms with E-state index < -0.39 is 12.0 Å². The molecule has 0 radical (unpaired) electrons. The fourth-order valence-corrected chi connectivity index (χ4v) is 3.67. The first kappa shape index (κ1) is 27.7. The number of carbonyl (C=O) groups excluding carboxylic acids is 2. The van der Waals surface area contributed by atoms with E-state index in [4.69, 9.17) is 5.11 Å². The molecule has 0 aliphatic heterocycles. The lowest BCUT2D eigenvalue weighted by atomic mass is 10.0. The van der Waals surface area contributed by atoms with Crippen LogP contribution in [0.15, 0.2) is 30.3 Å². The Balaban J connectivity index is 2.27. The average molecular weight is 447 g/mol. The zero-order valence-electron chi connectivity index (χ0n) is 19.7. The van der Waals surface area contributed by atoms with Gasteiger partial charge in [-0.05, 0) is 24.8 Å². The highest BCUT2D eigenvalue weighted by atomic mass is 16.4. The van der Waals surface area contributed by atoms with E-state index in [0.717, 1.165) is 82.6 Å². The Morgan fingerprint density at radius 3 is 1.97 bits per heavy atom. The first-order valence-corrected chi connectivity index (χ1v) is 12.4. The molecule has 0 heterocycles. The second-order valence-corrected chi connectivity index (χ2v) is 8.49. The van der Waals surface area contributed by atoms with Gasteiger partial charge in [-0.2, -0.15) is 0 Å². The quantitative estimate of drug-likeness (QED) is 0.244. The van der Waals surface area contributed by atoms with E-state index in [1.165, 1.54) is 0 Å². The van der Waals surface area contributed by atoms with E-state index in [9.17, 15) is 14.4 Å². The van der Waals surface area contributed by atoms with Gasteiger partial charge in [-0.25, -0.2) is 0 Å². The molecule has 1 aromatic rings. The summed E-state index contributed by atoms with van der Waals surface area (Å²) in [4.78, 5) is 35.6. The van der Waals surface area contributed by atoms with Crippen molar-refractivity contribution in [2.24, 2.45) is 0 Å². The molecule has 6 nitrogen and oxygen atoms in total. The number of hydrogen-bond donors (Lipinski definition) is 3. The SMILES string of the molecule is CCCCCCC(=O)N[C@@H](C(=O)NCCCCCCCCCCC(=O)O)c1ccccc1. The van der Waals surface area contributed by atoms with Crippen LogP contribution in [0.4, 0.5) is 0 Å². The van der Waals surface area contributed by atoms with Gasteiger partial charge in [-0.1, -0.05) is 95.0 Å². The largest absolute Gasteiger partial charge is 0.481 e.